The van der Waals surface area contributed by atoms with Gasteiger partial charge in [-0.05, 0) is 24.1 Å². The highest BCUT2D eigenvalue weighted by Crippen LogP contribution is 2.30. The van der Waals surface area contributed by atoms with Crippen LogP contribution in [0, 0.1) is 5.82 Å². The number of hydrogen-bond acceptors (Lipinski definition) is 1. The molecular weight excluding hydrogens is 267 g/mol. The fraction of sp³-hybridized carbons (Fsp3) is 0.417. The molecule has 0 radical (unpaired) electrons. The van der Waals surface area contributed by atoms with Crippen LogP contribution in [0.1, 0.15) is 18.4 Å². The van der Waals surface area contributed by atoms with Gasteiger partial charge in [0.15, 0.2) is 0 Å². The van der Waals surface area contributed by atoms with Gasteiger partial charge in [0.1, 0.15) is 5.82 Å². The van der Waals surface area contributed by atoms with Crippen molar-refractivity contribution in [2.75, 3.05) is 6.54 Å². The molecule has 0 spiro atoms. The van der Waals surface area contributed by atoms with Crippen molar-refractivity contribution in [1.82, 2.24) is 4.90 Å². The molecule has 1 aromatic carbocycles. The highest BCUT2D eigenvalue weighted by atomic mass is 35.5. The van der Waals surface area contributed by atoms with Gasteiger partial charge in [-0.25, -0.2) is 4.39 Å². The molecule has 1 aromatic rings. The third kappa shape index (κ3) is 2.61. The van der Waals surface area contributed by atoms with Crippen molar-refractivity contribution >= 4 is 17.5 Å². The van der Waals surface area contributed by atoms with Gasteiger partial charge in [-0.1, -0.05) is 17.7 Å². The number of amides is 1. The quantitative estimate of drug-likeness (QED) is 0.813. The molecule has 1 saturated heterocycles. The van der Waals surface area contributed by atoms with Gasteiger partial charge in [0.05, 0.1) is 0 Å². The maximum absolute atomic E-state index is 13.2. The van der Waals surface area contributed by atoms with Gasteiger partial charge in [-0.2, -0.15) is 8.78 Å². The molecule has 98 valence electrons. The van der Waals surface area contributed by atoms with E-state index in [0.29, 0.717) is 5.56 Å². The van der Waals surface area contributed by atoms with Gasteiger partial charge >= 0.3 is 5.92 Å². The highest BCUT2D eigenvalue weighted by Gasteiger charge is 2.44. The molecule has 1 amide bonds. The minimum absolute atomic E-state index is 0.0203. The number of likely N-dealkylation sites (tertiary alicyclic amines) is 1. The lowest BCUT2D eigenvalue weighted by Gasteiger charge is -2.32. The summed E-state index contributed by atoms with van der Waals surface area (Å²) in [6.45, 7) is 0.246. The van der Waals surface area contributed by atoms with Crippen LogP contribution in [0.3, 0.4) is 0 Å². The van der Waals surface area contributed by atoms with E-state index >= 15 is 0 Å². The third-order valence-corrected chi connectivity index (χ3v) is 3.25. The fourth-order valence-electron chi connectivity index (χ4n) is 1.94. The summed E-state index contributed by atoms with van der Waals surface area (Å²) < 4.78 is 39.3. The number of halogens is 4. The Hall–Kier alpha value is -1.23. The average Bonchev–Trinajstić information content (AvgIpc) is 2.28. The molecule has 0 saturated carbocycles. The zero-order valence-electron chi connectivity index (χ0n) is 9.43. The first kappa shape index (κ1) is 13.2. The second-order valence-corrected chi connectivity index (χ2v) is 4.68. The molecule has 18 heavy (non-hydrogen) atoms. The van der Waals surface area contributed by atoms with Gasteiger partial charge in [0.2, 0.25) is 0 Å². The molecule has 0 atom stereocenters. The first-order valence-corrected chi connectivity index (χ1v) is 5.89. The zero-order chi connectivity index (χ0) is 13.3. The molecule has 6 heteroatoms. The van der Waals surface area contributed by atoms with Gasteiger partial charge in [0.25, 0.3) is 5.91 Å². The smallest absolute Gasteiger partial charge is 0.324 e. The van der Waals surface area contributed by atoms with Crippen molar-refractivity contribution in [3.8, 4) is 0 Å². The minimum atomic E-state index is -3.30. The number of benzene rings is 1. The zero-order valence-corrected chi connectivity index (χ0v) is 10.2. The molecule has 2 rings (SSSR count). The summed E-state index contributed by atoms with van der Waals surface area (Å²) in [6, 6.07) is 3.69. The van der Waals surface area contributed by atoms with E-state index in [4.69, 9.17) is 11.6 Å². The Kier molecular flexibility index (Phi) is 3.52. The van der Waals surface area contributed by atoms with E-state index in [0.717, 1.165) is 11.0 Å². The van der Waals surface area contributed by atoms with E-state index < -0.39 is 24.1 Å². The first-order valence-electron chi connectivity index (χ1n) is 5.51. The third-order valence-electron chi connectivity index (χ3n) is 2.90. The molecule has 0 bridgehead atoms. The topological polar surface area (TPSA) is 20.3 Å². The summed E-state index contributed by atoms with van der Waals surface area (Å²) in [5.74, 6) is -4.99. The summed E-state index contributed by atoms with van der Waals surface area (Å²) >= 11 is 5.80. The van der Waals surface area contributed by atoms with Crippen molar-refractivity contribution in [1.29, 1.82) is 0 Å². The lowest BCUT2D eigenvalue weighted by Crippen LogP contribution is -2.47. The monoisotopic (exact) mass is 277 g/mol. The second kappa shape index (κ2) is 4.80. The van der Waals surface area contributed by atoms with E-state index in [9.17, 15) is 18.0 Å². The normalized spacial score (nSPS) is 19.1. The van der Waals surface area contributed by atoms with Crippen LogP contribution < -0.4 is 0 Å². The van der Waals surface area contributed by atoms with E-state index in [1.807, 2.05) is 0 Å². The van der Waals surface area contributed by atoms with Crippen LogP contribution in [-0.2, 0) is 11.3 Å². The van der Waals surface area contributed by atoms with Gasteiger partial charge in [-0.3, -0.25) is 4.79 Å². The van der Waals surface area contributed by atoms with Crippen molar-refractivity contribution in [3.63, 3.8) is 0 Å². The number of carbonyl (C=O) groups excluding carboxylic acids is 1. The number of piperidine rings is 1. The summed E-state index contributed by atoms with van der Waals surface area (Å²) in [5.41, 5.74) is 0.462. The molecule has 1 heterocycles. The van der Waals surface area contributed by atoms with Crippen molar-refractivity contribution < 1.29 is 18.0 Å². The predicted octanol–water partition coefficient (Wildman–Crippen LogP) is 3.24. The Morgan fingerprint density at radius 2 is 2.11 bits per heavy atom. The molecule has 0 unspecified atom stereocenters. The van der Waals surface area contributed by atoms with Gasteiger partial charge in [0, 0.05) is 24.5 Å². The van der Waals surface area contributed by atoms with Gasteiger partial charge in [-0.15, -0.1) is 0 Å². The van der Waals surface area contributed by atoms with Crippen molar-refractivity contribution in [2.24, 2.45) is 0 Å². The molecule has 0 N–H and O–H groups in total. The van der Waals surface area contributed by atoms with Crippen LogP contribution in [0.2, 0.25) is 5.02 Å². The maximum atomic E-state index is 13.2. The maximum Gasteiger partial charge on any atom is 0.324 e. The Balaban J connectivity index is 2.16. The Labute approximate surface area is 107 Å². The molecular formula is C12H11ClF3NO. The molecule has 0 aliphatic carbocycles. The van der Waals surface area contributed by atoms with Crippen molar-refractivity contribution in [2.45, 2.75) is 25.3 Å². The number of hydrogen-bond donors (Lipinski definition) is 0. The van der Waals surface area contributed by atoms with Crippen LogP contribution in [0.25, 0.3) is 0 Å². The lowest BCUT2D eigenvalue weighted by molar-refractivity contribution is -0.164. The van der Waals surface area contributed by atoms with Crippen LogP contribution in [0.5, 0.6) is 0 Å². The fourth-order valence-corrected chi connectivity index (χ4v) is 2.17. The van der Waals surface area contributed by atoms with E-state index in [1.165, 1.54) is 12.1 Å². The molecule has 0 aromatic heterocycles. The second-order valence-electron chi connectivity index (χ2n) is 4.27. The molecule has 1 aliphatic rings. The van der Waals surface area contributed by atoms with Crippen molar-refractivity contribution in [3.05, 3.63) is 34.6 Å². The van der Waals surface area contributed by atoms with Gasteiger partial charge < -0.3 is 4.90 Å². The average molecular weight is 278 g/mol. The molecule has 1 aliphatic heterocycles. The number of carbonyl (C=O) groups is 1. The first-order chi connectivity index (χ1) is 8.40. The van der Waals surface area contributed by atoms with Crippen LogP contribution >= 0.6 is 11.6 Å². The Morgan fingerprint density at radius 1 is 1.39 bits per heavy atom. The molecule has 1 fully saturated rings. The standard InChI is InChI=1S/C12H11ClF3NO/c13-10-6-9(14)3-2-8(10)7-17-5-1-4-12(15,16)11(17)18/h2-3,6H,1,4-5,7H2. The van der Waals surface area contributed by atoms with Crippen LogP contribution in [0.15, 0.2) is 18.2 Å². The number of rotatable bonds is 2. The largest absolute Gasteiger partial charge is 0.333 e. The minimum Gasteiger partial charge on any atom is -0.333 e. The predicted molar refractivity (Wildman–Crippen MR) is 61.0 cm³/mol. The number of alkyl halides is 2. The lowest BCUT2D eigenvalue weighted by atomic mass is 10.1. The van der Waals surface area contributed by atoms with E-state index in [2.05, 4.69) is 0 Å². The summed E-state index contributed by atoms with van der Waals surface area (Å²) in [5, 5.41) is 0.136. The van der Waals surface area contributed by atoms with E-state index in [-0.39, 0.29) is 24.5 Å². The molecule has 2 nitrogen and oxygen atoms in total. The highest BCUT2D eigenvalue weighted by molar-refractivity contribution is 6.31. The SMILES string of the molecule is O=C1N(Cc2ccc(F)cc2Cl)CCCC1(F)F. The number of nitrogens with zero attached hydrogens (tertiary/aromatic N) is 1. The summed E-state index contributed by atoms with van der Waals surface area (Å²) in [7, 11) is 0. The Morgan fingerprint density at radius 3 is 2.78 bits per heavy atom. The Bertz CT molecular complexity index is 478. The van der Waals surface area contributed by atoms with Crippen LogP contribution in [-0.4, -0.2) is 23.3 Å². The summed E-state index contributed by atoms with van der Waals surface area (Å²) in [6.07, 6.45) is -0.170. The summed E-state index contributed by atoms with van der Waals surface area (Å²) in [4.78, 5) is 12.5. The van der Waals surface area contributed by atoms with E-state index in [1.54, 1.807) is 0 Å². The van der Waals surface area contributed by atoms with Crippen LogP contribution in [0.4, 0.5) is 13.2 Å².